The summed E-state index contributed by atoms with van der Waals surface area (Å²) in [5.74, 6) is 2.26. The van der Waals surface area contributed by atoms with Crippen LogP contribution < -0.4 is 5.32 Å². The molecule has 144 valence electrons. The predicted octanol–water partition coefficient (Wildman–Crippen LogP) is 2.19. The molecule has 1 aliphatic heterocycles. The fraction of sp³-hybridized carbons (Fsp3) is 0.500. The maximum atomic E-state index is 12.5. The molecule has 1 N–H and O–H groups in total. The highest BCUT2D eigenvalue weighted by atomic mass is 32.2. The van der Waals surface area contributed by atoms with Crippen LogP contribution in [-0.2, 0) is 15.3 Å². The Bertz CT molecular complexity index is 810. The number of aryl methyl sites for hydroxylation is 2. The molecular weight excluding hydrogens is 366 g/mol. The Morgan fingerprint density at radius 1 is 1.33 bits per heavy atom. The van der Waals surface area contributed by atoms with Crippen LogP contribution in [0.3, 0.4) is 0 Å². The fourth-order valence-electron chi connectivity index (χ4n) is 2.98. The molecule has 1 aliphatic rings. The first-order valence-electron chi connectivity index (χ1n) is 8.90. The largest absolute Gasteiger partial charge is 0.341 e. The first kappa shape index (κ1) is 19.3. The van der Waals surface area contributed by atoms with Gasteiger partial charge in [-0.1, -0.05) is 11.2 Å². The van der Waals surface area contributed by atoms with Crippen LogP contribution in [0.1, 0.15) is 30.3 Å². The lowest BCUT2D eigenvalue weighted by atomic mass is 9.97. The summed E-state index contributed by atoms with van der Waals surface area (Å²) in [5, 5.41) is 6.67. The molecule has 1 saturated heterocycles. The maximum absolute atomic E-state index is 12.5. The molecule has 0 spiro atoms. The van der Waals surface area contributed by atoms with Crippen molar-refractivity contribution in [3.8, 4) is 0 Å². The molecule has 0 aromatic carbocycles. The van der Waals surface area contributed by atoms with Crippen molar-refractivity contribution in [3.05, 3.63) is 35.6 Å². The number of pyridine rings is 1. The molecule has 2 amide bonds. The van der Waals surface area contributed by atoms with E-state index in [0.29, 0.717) is 42.1 Å². The van der Waals surface area contributed by atoms with Gasteiger partial charge in [0.2, 0.25) is 17.7 Å². The van der Waals surface area contributed by atoms with Crippen molar-refractivity contribution >= 4 is 29.4 Å². The van der Waals surface area contributed by atoms with Gasteiger partial charge in [0.15, 0.2) is 5.82 Å². The highest BCUT2D eigenvalue weighted by molar-refractivity contribution is 7.99. The number of thioether (sulfide) groups is 1. The molecule has 0 aliphatic carbocycles. The number of amides is 2. The van der Waals surface area contributed by atoms with Crippen LogP contribution in [0.2, 0.25) is 0 Å². The van der Waals surface area contributed by atoms with Gasteiger partial charge in [0.05, 0.1) is 17.4 Å². The molecular formula is C18H23N5O3S. The van der Waals surface area contributed by atoms with Crippen LogP contribution >= 0.6 is 11.8 Å². The average molecular weight is 389 g/mol. The molecule has 1 fully saturated rings. The van der Waals surface area contributed by atoms with Crippen LogP contribution in [0.25, 0.3) is 0 Å². The first-order chi connectivity index (χ1) is 13.0. The monoisotopic (exact) mass is 389 g/mol. The van der Waals surface area contributed by atoms with Crippen LogP contribution in [-0.4, -0.2) is 50.7 Å². The molecule has 0 bridgehead atoms. The lowest BCUT2D eigenvalue weighted by molar-refractivity contribution is -0.132. The van der Waals surface area contributed by atoms with E-state index < -0.39 is 0 Å². The Morgan fingerprint density at radius 2 is 2.19 bits per heavy atom. The fourth-order valence-corrected chi connectivity index (χ4v) is 3.74. The SMILES string of the molecule is Cc1cccc(NC(=O)C2CCCN(C(=O)CSCc3noc(C)n3)C2)n1. The summed E-state index contributed by atoms with van der Waals surface area (Å²) in [6.07, 6.45) is 1.59. The van der Waals surface area contributed by atoms with Crippen molar-refractivity contribution in [3.63, 3.8) is 0 Å². The Hall–Kier alpha value is -2.42. The number of likely N-dealkylation sites (tertiary alicyclic amines) is 1. The van der Waals surface area contributed by atoms with Gasteiger partial charge in [-0.25, -0.2) is 4.98 Å². The summed E-state index contributed by atoms with van der Waals surface area (Å²) in [4.78, 5) is 35.2. The van der Waals surface area contributed by atoms with Crippen molar-refractivity contribution in [1.29, 1.82) is 0 Å². The third-order valence-electron chi connectivity index (χ3n) is 4.31. The van der Waals surface area contributed by atoms with Crippen molar-refractivity contribution in [2.75, 3.05) is 24.2 Å². The van der Waals surface area contributed by atoms with E-state index in [9.17, 15) is 9.59 Å². The van der Waals surface area contributed by atoms with Gasteiger partial charge in [-0.15, -0.1) is 11.8 Å². The second kappa shape index (κ2) is 8.98. The van der Waals surface area contributed by atoms with E-state index in [1.54, 1.807) is 17.9 Å². The number of carbonyl (C=O) groups excluding carboxylic acids is 2. The maximum Gasteiger partial charge on any atom is 0.232 e. The van der Waals surface area contributed by atoms with Gasteiger partial charge in [-0.05, 0) is 31.9 Å². The Balaban J connectivity index is 1.47. The number of hydrogen-bond acceptors (Lipinski definition) is 7. The number of aromatic nitrogens is 3. The van der Waals surface area contributed by atoms with Crippen molar-refractivity contribution in [2.45, 2.75) is 32.4 Å². The second-order valence-electron chi connectivity index (χ2n) is 6.55. The van der Waals surface area contributed by atoms with E-state index in [2.05, 4.69) is 20.4 Å². The second-order valence-corrected chi connectivity index (χ2v) is 7.54. The van der Waals surface area contributed by atoms with Crippen molar-refractivity contribution in [1.82, 2.24) is 20.0 Å². The summed E-state index contributed by atoms with van der Waals surface area (Å²) in [5.41, 5.74) is 0.849. The Kier molecular flexibility index (Phi) is 6.44. The number of hydrogen-bond donors (Lipinski definition) is 1. The van der Waals surface area contributed by atoms with Crippen LogP contribution in [0, 0.1) is 19.8 Å². The molecule has 2 aromatic rings. The van der Waals surface area contributed by atoms with E-state index in [4.69, 9.17) is 4.52 Å². The minimum absolute atomic E-state index is 0.0337. The number of carbonyl (C=O) groups is 2. The van der Waals surface area contributed by atoms with Gasteiger partial charge < -0.3 is 14.7 Å². The molecule has 0 saturated carbocycles. The van der Waals surface area contributed by atoms with Gasteiger partial charge >= 0.3 is 0 Å². The smallest absolute Gasteiger partial charge is 0.232 e. The molecule has 1 atom stereocenters. The van der Waals surface area contributed by atoms with Gasteiger partial charge in [0.1, 0.15) is 5.82 Å². The van der Waals surface area contributed by atoms with Crippen LogP contribution in [0.15, 0.2) is 22.7 Å². The zero-order chi connectivity index (χ0) is 19.2. The molecule has 9 heteroatoms. The first-order valence-corrected chi connectivity index (χ1v) is 10.1. The topological polar surface area (TPSA) is 101 Å². The van der Waals surface area contributed by atoms with E-state index in [1.165, 1.54) is 11.8 Å². The van der Waals surface area contributed by atoms with E-state index >= 15 is 0 Å². The highest BCUT2D eigenvalue weighted by Gasteiger charge is 2.28. The summed E-state index contributed by atoms with van der Waals surface area (Å²) in [6, 6.07) is 5.51. The van der Waals surface area contributed by atoms with Crippen LogP contribution in [0.4, 0.5) is 5.82 Å². The number of nitrogens with one attached hydrogen (secondary N) is 1. The Labute approximate surface area is 162 Å². The van der Waals surface area contributed by atoms with Gasteiger partial charge in [-0.2, -0.15) is 4.98 Å². The number of nitrogens with zero attached hydrogens (tertiary/aromatic N) is 4. The molecule has 8 nitrogen and oxygen atoms in total. The van der Waals surface area contributed by atoms with Gasteiger partial charge in [0.25, 0.3) is 0 Å². The molecule has 3 heterocycles. The van der Waals surface area contributed by atoms with E-state index in [0.717, 1.165) is 18.5 Å². The normalized spacial score (nSPS) is 17.0. The minimum atomic E-state index is -0.213. The molecule has 27 heavy (non-hydrogen) atoms. The predicted molar refractivity (Wildman–Crippen MR) is 102 cm³/mol. The van der Waals surface area contributed by atoms with Crippen molar-refractivity contribution in [2.24, 2.45) is 5.92 Å². The summed E-state index contributed by atoms with van der Waals surface area (Å²) >= 11 is 1.45. The molecule has 2 aromatic heterocycles. The molecule has 0 radical (unpaired) electrons. The quantitative estimate of drug-likeness (QED) is 0.808. The summed E-state index contributed by atoms with van der Waals surface area (Å²) < 4.78 is 4.92. The van der Waals surface area contributed by atoms with Gasteiger partial charge in [0, 0.05) is 25.7 Å². The van der Waals surface area contributed by atoms with E-state index in [1.807, 2.05) is 19.1 Å². The Morgan fingerprint density at radius 3 is 2.93 bits per heavy atom. The zero-order valence-electron chi connectivity index (χ0n) is 15.5. The van der Waals surface area contributed by atoms with E-state index in [-0.39, 0.29) is 17.7 Å². The lowest BCUT2D eigenvalue weighted by Crippen LogP contribution is -2.44. The summed E-state index contributed by atoms with van der Waals surface area (Å²) in [7, 11) is 0. The third kappa shape index (κ3) is 5.53. The zero-order valence-corrected chi connectivity index (χ0v) is 16.3. The number of piperidine rings is 1. The average Bonchev–Trinajstić information content (AvgIpc) is 3.07. The standard InChI is InChI=1S/C18H23N5O3S/c1-12-5-3-7-15(19-12)21-18(25)14-6-4-8-23(9-14)17(24)11-27-10-16-20-13(2)26-22-16/h3,5,7,14H,4,6,8-11H2,1-2H3,(H,19,21,25). The molecule has 3 rings (SSSR count). The highest BCUT2D eigenvalue weighted by Crippen LogP contribution is 2.20. The number of anilines is 1. The van der Waals surface area contributed by atoms with Crippen LogP contribution in [0.5, 0.6) is 0 Å². The minimum Gasteiger partial charge on any atom is -0.341 e. The molecule has 1 unspecified atom stereocenters. The number of rotatable bonds is 6. The third-order valence-corrected chi connectivity index (χ3v) is 5.22. The lowest BCUT2D eigenvalue weighted by Gasteiger charge is -2.32. The van der Waals surface area contributed by atoms with Crippen molar-refractivity contribution < 1.29 is 14.1 Å². The van der Waals surface area contributed by atoms with Gasteiger partial charge in [-0.3, -0.25) is 9.59 Å². The summed E-state index contributed by atoms with van der Waals surface area (Å²) in [6.45, 7) is 4.74.